The fourth-order valence-electron chi connectivity index (χ4n) is 5.57. The number of halogens is 6. The number of anilines is 1. The fourth-order valence-corrected chi connectivity index (χ4v) is 5.57. The molecule has 0 bridgehead atoms. The topological polar surface area (TPSA) is 94.3 Å². The lowest BCUT2D eigenvalue weighted by molar-refractivity contribution is -0.143. The monoisotopic (exact) mass is 657 g/mol. The Labute approximate surface area is 261 Å². The van der Waals surface area contributed by atoms with Gasteiger partial charge in [-0.3, -0.25) is 9.69 Å². The summed E-state index contributed by atoms with van der Waals surface area (Å²) in [6.45, 7) is 5.76. The first-order valence-corrected chi connectivity index (χ1v) is 14.2. The number of amides is 2. The first kappa shape index (κ1) is 34.4. The van der Waals surface area contributed by atoms with Gasteiger partial charge in [0.25, 0.3) is 0 Å². The zero-order valence-corrected chi connectivity index (χ0v) is 25.9. The third-order valence-corrected chi connectivity index (χ3v) is 7.81. The highest BCUT2D eigenvalue weighted by atomic mass is 19.4. The lowest BCUT2D eigenvalue weighted by atomic mass is 9.84. The normalized spacial score (nSPS) is 16.6. The minimum Gasteiger partial charge on any atom is -0.493 e. The van der Waals surface area contributed by atoms with Crippen LogP contribution in [0, 0.1) is 13.8 Å². The molecule has 3 aromatic rings. The third-order valence-electron chi connectivity index (χ3n) is 7.81. The predicted molar refractivity (Wildman–Crippen MR) is 153 cm³/mol. The lowest BCUT2D eigenvalue weighted by Crippen LogP contribution is -2.46. The van der Waals surface area contributed by atoms with Gasteiger partial charge in [0.2, 0.25) is 5.91 Å². The van der Waals surface area contributed by atoms with Crippen LogP contribution in [0.4, 0.5) is 36.8 Å². The number of benzene rings is 2. The third kappa shape index (κ3) is 7.02. The molecule has 0 N–H and O–H groups in total. The Hall–Kier alpha value is -4.43. The molecule has 0 saturated heterocycles. The Morgan fingerprint density at radius 3 is 2.04 bits per heavy atom. The van der Waals surface area contributed by atoms with Gasteiger partial charge in [-0.25, -0.2) is 4.79 Å². The number of rotatable bonds is 8. The molecule has 0 radical (unpaired) electrons. The zero-order valence-electron chi connectivity index (χ0n) is 25.9. The van der Waals surface area contributed by atoms with E-state index in [-0.39, 0.29) is 48.4 Å². The number of ether oxygens (including phenoxy) is 3. The van der Waals surface area contributed by atoms with Crippen LogP contribution in [0.1, 0.15) is 65.5 Å². The number of hydrogen-bond donors (Lipinski definition) is 0. The average Bonchev–Trinajstić information content (AvgIpc) is 3.30. The molecule has 1 aromatic heterocycles. The summed E-state index contributed by atoms with van der Waals surface area (Å²) in [5, 5.41) is 3.88. The van der Waals surface area contributed by atoms with Crippen molar-refractivity contribution in [1.82, 2.24) is 10.1 Å². The van der Waals surface area contributed by atoms with Crippen molar-refractivity contribution in [2.24, 2.45) is 0 Å². The van der Waals surface area contributed by atoms with E-state index in [4.69, 9.17) is 18.7 Å². The van der Waals surface area contributed by atoms with Crippen LogP contribution in [0.3, 0.4) is 0 Å². The van der Waals surface area contributed by atoms with E-state index in [1.807, 2.05) is 0 Å². The molecule has 2 heterocycles. The Kier molecular flexibility index (Phi) is 9.83. The van der Waals surface area contributed by atoms with Gasteiger partial charge >= 0.3 is 18.4 Å². The van der Waals surface area contributed by atoms with Gasteiger partial charge in [-0.05, 0) is 69.5 Å². The van der Waals surface area contributed by atoms with E-state index in [1.165, 1.54) is 36.2 Å². The first-order valence-electron chi connectivity index (χ1n) is 14.2. The molecule has 15 heteroatoms. The second-order valence-corrected chi connectivity index (χ2v) is 10.9. The van der Waals surface area contributed by atoms with Crippen LogP contribution < -0.4 is 14.4 Å². The Bertz CT molecular complexity index is 1550. The standard InChI is InChI=1S/C31H33F6N3O6/c1-7-45-29(42)40-16(2)8-23(22-12-26(43-5)27(44-6)13-25(22)40)28(41)39(15-24-17(3)38-46-18(24)4)14-19-9-20(30(32,33)34)11-21(10-19)31(35,36)37/h9-13,16,23H,7-8,14-15H2,1-6H3. The van der Waals surface area contributed by atoms with E-state index in [0.717, 1.165) is 0 Å². The molecule has 0 aliphatic carbocycles. The molecule has 0 spiro atoms. The summed E-state index contributed by atoms with van der Waals surface area (Å²) in [4.78, 5) is 30.1. The molecule has 0 fully saturated rings. The zero-order chi connectivity index (χ0) is 34.1. The van der Waals surface area contributed by atoms with Crippen molar-refractivity contribution in [3.8, 4) is 11.5 Å². The molecule has 9 nitrogen and oxygen atoms in total. The number of methoxy groups -OCH3 is 2. The summed E-state index contributed by atoms with van der Waals surface area (Å²) in [6.07, 6.45) is -10.8. The van der Waals surface area contributed by atoms with Crippen molar-refractivity contribution in [3.05, 3.63) is 69.6 Å². The number of aromatic nitrogens is 1. The summed E-state index contributed by atoms with van der Waals surface area (Å²) in [7, 11) is 2.77. The van der Waals surface area contributed by atoms with Crippen LogP contribution in [-0.2, 0) is 35.0 Å². The Balaban J connectivity index is 1.87. The van der Waals surface area contributed by atoms with Crippen molar-refractivity contribution in [2.75, 3.05) is 25.7 Å². The van der Waals surface area contributed by atoms with Crippen LogP contribution in [0.15, 0.2) is 34.9 Å². The molecule has 2 unspecified atom stereocenters. The molecule has 4 rings (SSSR count). The number of hydrogen-bond acceptors (Lipinski definition) is 7. The van der Waals surface area contributed by atoms with Crippen molar-refractivity contribution in [1.29, 1.82) is 0 Å². The molecule has 0 saturated carbocycles. The number of alkyl halides is 6. The Morgan fingerprint density at radius 1 is 0.957 bits per heavy atom. The highest BCUT2D eigenvalue weighted by Crippen LogP contribution is 2.46. The molecule has 250 valence electrons. The fraction of sp³-hybridized carbons (Fsp3) is 0.452. The largest absolute Gasteiger partial charge is 0.493 e. The highest BCUT2D eigenvalue weighted by Gasteiger charge is 2.42. The predicted octanol–water partition coefficient (Wildman–Crippen LogP) is 7.41. The summed E-state index contributed by atoms with van der Waals surface area (Å²) >= 11 is 0. The molecular formula is C31H33F6N3O6. The van der Waals surface area contributed by atoms with Crippen LogP contribution in [0.2, 0.25) is 0 Å². The lowest BCUT2D eigenvalue weighted by Gasteiger charge is -2.40. The SMILES string of the molecule is CCOC(=O)N1c2cc(OC)c(OC)cc2C(C(=O)N(Cc2cc(C(F)(F)F)cc(C(F)(F)F)c2)Cc2c(C)noc2C)CC1C. The van der Waals surface area contributed by atoms with E-state index in [0.29, 0.717) is 34.7 Å². The molecule has 1 aliphatic rings. The molecule has 2 aromatic carbocycles. The van der Waals surface area contributed by atoms with E-state index < -0.39 is 54.0 Å². The first-order chi connectivity index (χ1) is 21.5. The van der Waals surface area contributed by atoms with E-state index in [9.17, 15) is 35.9 Å². The molecule has 46 heavy (non-hydrogen) atoms. The molecular weight excluding hydrogens is 624 g/mol. The number of fused-ring (bicyclic) bond motifs is 1. The minimum absolute atomic E-state index is 0.0344. The van der Waals surface area contributed by atoms with E-state index in [1.54, 1.807) is 27.7 Å². The Morgan fingerprint density at radius 2 is 1.54 bits per heavy atom. The van der Waals surface area contributed by atoms with Crippen LogP contribution in [-0.4, -0.2) is 48.9 Å². The van der Waals surface area contributed by atoms with Gasteiger partial charge in [-0.2, -0.15) is 26.3 Å². The van der Waals surface area contributed by atoms with E-state index in [2.05, 4.69) is 5.16 Å². The number of nitrogens with zero attached hydrogens (tertiary/aromatic N) is 3. The second-order valence-electron chi connectivity index (χ2n) is 10.9. The average molecular weight is 658 g/mol. The van der Waals surface area contributed by atoms with Gasteiger partial charge in [0.15, 0.2) is 11.5 Å². The van der Waals surface area contributed by atoms with Crippen molar-refractivity contribution in [3.63, 3.8) is 0 Å². The van der Waals surface area contributed by atoms with Crippen LogP contribution in [0.25, 0.3) is 0 Å². The highest BCUT2D eigenvalue weighted by molar-refractivity contribution is 5.95. The minimum atomic E-state index is -5.07. The van der Waals surface area contributed by atoms with Crippen molar-refractivity contribution < 1.29 is 54.7 Å². The van der Waals surface area contributed by atoms with Crippen LogP contribution in [0.5, 0.6) is 11.5 Å². The number of carbonyl (C=O) groups excluding carboxylic acids is 2. The number of carbonyl (C=O) groups is 2. The maximum Gasteiger partial charge on any atom is 0.416 e. The molecule has 2 atom stereocenters. The maximum atomic E-state index is 14.5. The van der Waals surface area contributed by atoms with Gasteiger partial charge in [-0.1, -0.05) is 5.16 Å². The van der Waals surface area contributed by atoms with Crippen molar-refractivity contribution >= 4 is 17.7 Å². The second kappa shape index (κ2) is 13.1. The van der Waals surface area contributed by atoms with E-state index >= 15 is 0 Å². The number of aryl methyl sites for hydroxylation is 2. The van der Waals surface area contributed by atoms with Gasteiger partial charge < -0.3 is 23.6 Å². The summed E-state index contributed by atoms with van der Waals surface area (Å²) in [5.74, 6) is -0.791. The molecule has 1 aliphatic heterocycles. The van der Waals surface area contributed by atoms with Gasteiger partial charge in [0.05, 0.1) is 55.8 Å². The quantitative estimate of drug-likeness (QED) is 0.233. The van der Waals surface area contributed by atoms with Crippen LogP contribution >= 0.6 is 0 Å². The van der Waals surface area contributed by atoms with Gasteiger partial charge in [-0.15, -0.1) is 0 Å². The van der Waals surface area contributed by atoms with Gasteiger partial charge in [0.1, 0.15) is 5.76 Å². The maximum absolute atomic E-state index is 14.5. The van der Waals surface area contributed by atoms with Crippen molar-refractivity contribution in [2.45, 2.75) is 71.5 Å². The smallest absolute Gasteiger partial charge is 0.416 e. The summed E-state index contributed by atoms with van der Waals surface area (Å²) < 4.78 is 104. The summed E-state index contributed by atoms with van der Waals surface area (Å²) in [5.41, 5.74) is -1.93. The molecule has 2 amide bonds. The summed E-state index contributed by atoms with van der Waals surface area (Å²) in [6, 6.07) is 3.65. The van der Waals surface area contributed by atoms with Gasteiger partial charge in [0, 0.05) is 24.2 Å².